The van der Waals surface area contributed by atoms with Gasteiger partial charge in [-0.2, -0.15) is 0 Å². The molecular formula is C30H28FN2+. The van der Waals surface area contributed by atoms with Crippen LogP contribution in [-0.4, -0.2) is 4.40 Å². The third kappa shape index (κ3) is 2.51. The molecule has 1 fully saturated rings. The molecule has 2 nitrogen and oxygen atoms in total. The third-order valence-corrected chi connectivity index (χ3v) is 8.33. The van der Waals surface area contributed by atoms with Crippen molar-refractivity contribution in [1.29, 1.82) is 0 Å². The van der Waals surface area contributed by atoms with Crippen molar-refractivity contribution in [3.05, 3.63) is 71.2 Å². The first-order chi connectivity index (χ1) is 16.0. The molecule has 0 N–H and O–H groups in total. The van der Waals surface area contributed by atoms with Gasteiger partial charge in [-0.25, -0.2) is 8.96 Å². The molecule has 0 saturated heterocycles. The van der Waals surface area contributed by atoms with E-state index in [2.05, 4.69) is 60.3 Å². The number of nitrogens with zero attached hydrogens (tertiary/aromatic N) is 2. The number of hydrogen-bond donors (Lipinski definition) is 0. The van der Waals surface area contributed by atoms with E-state index in [1.807, 2.05) is 6.07 Å². The molecule has 0 spiro atoms. The quantitative estimate of drug-likeness (QED) is 0.143. The molecule has 164 valence electrons. The molecule has 7 rings (SSSR count). The van der Waals surface area contributed by atoms with Gasteiger partial charge in [-0.05, 0) is 85.0 Å². The molecule has 0 radical (unpaired) electrons. The Balaban J connectivity index is 1.80. The average Bonchev–Trinajstić information content (AvgIpc) is 3.14. The molecule has 1 aliphatic carbocycles. The average molecular weight is 436 g/mol. The number of benzene rings is 3. The lowest BCUT2D eigenvalue weighted by Crippen LogP contribution is -2.29. The molecule has 1 aliphatic rings. The number of fused-ring (bicyclic) bond motifs is 5. The van der Waals surface area contributed by atoms with E-state index >= 15 is 0 Å². The van der Waals surface area contributed by atoms with Crippen LogP contribution in [0, 0.1) is 19.7 Å². The van der Waals surface area contributed by atoms with Crippen molar-refractivity contribution in [2.75, 3.05) is 0 Å². The zero-order chi connectivity index (χ0) is 22.4. The molecule has 33 heavy (non-hydrogen) atoms. The standard InChI is InChI=1S/C30H28FN2/c1-17-13-24-23-10-9-22(31)16-25(23)33-26-15-21(19-7-5-4-6-8-19)14-20-11-12-32(3)30(28(20)26)27(18(17)2)29(24)33/h9-16,19H,4-8H2,1-3H3/q+1. The van der Waals surface area contributed by atoms with Gasteiger partial charge in [-0.15, -0.1) is 0 Å². The van der Waals surface area contributed by atoms with Crippen molar-refractivity contribution >= 4 is 49.0 Å². The predicted octanol–water partition coefficient (Wildman–Crippen LogP) is 7.62. The first-order valence-corrected chi connectivity index (χ1v) is 12.2. The maximum Gasteiger partial charge on any atom is 0.224 e. The monoisotopic (exact) mass is 435 g/mol. The second-order valence-corrected chi connectivity index (χ2v) is 10.2. The van der Waals surface area contributed by atoms with Gasteiger partial charge >= 0.3 is 0 Å². The van der Waals surface area contributed by atoms with Crippen LogP contribution in [0.25, 0.3) is 49.0 Å². The van der Waals surface area contributed by atoms with Crippen molar-refractivity contribution < 1.29 is 8.96 Å². The Morgan fingerprint density at radius 1 is 0.879 bits per heavy atom. The minimum Gasteiger partial charge on any atom is -0.307 e. The first kappa shape index (κ1) is 19.3. The minimum absolute atomic E-state index is 0.180. The molecule has 0 atom stereocenters. The summed E-state index contributed by atoms with van der Waals surface area (Å²) in [5.41, 5.74) is 8.69. The van der Waals surface area contributed by atoms with Gasteiger partial charge in [-0.3, -0.25) is 0 Å². The number of rotatable bonds is 1. The molecule has 0 unspecified atom stereocenters. The van der Waals surface area contributed by atoms with Gasteiger partial charge in [0.15, 0.2) is 6.20 Å². The molecule has 3 heterocycles. The number of aryl methyl sites for hydroxylation is 3. The van der Waals surface area contributed by atoms with Gasteiger partial charge in [0.2, 0.25) is 5.52 Å². The van der Waals surface area contributed by atoms with Crippen LogP contribution >= 0.6 is 0 Å². The maximum atomic E-state index is 14.6. The first-order valence-electron chi connectivity index (χ1n) is 12.2. The number of hydrogen-bond acceptors (Lipinski definition) is 0. The van der Waals surface area contributed by atoms with E-state index in [1.54, 1.807) is 12.1 Å². The normalized spacial score (nSPS) is 15.8. The molecule has 3 aromatic heterocycles. The fourth-order valence-corrected chi connectivity index (χ4v) is 6.57. The highest BCUT2D eigenvalue weighted by Crippen LogP contribution is 2.43. The summed E-state index contributed by atoms with van der Waals surface area (Å²) in [6, 6.07) is 14.7. The zero-order valence-electron chi connectivity index (χ0n) is 19.5. The van der Waals surface area contributed by atoms with E-state index in [-0.39, 0.29) is 5.82 Å². The van der Waals surface area contributed by atoms with Crippen LogP contribution in [0.4, 0.5) is 4.39 Å². The number of pyridine rings is 2. The molecule has 3 heteroatoms. The maximum absolute atomic E-state index is 14.6. The summed E-state index contributed by atoms with van der Waals surface area (Å²) in [5.74, 6) is 0.438. The van der Waals surface area contributed by atoms with Gasteiger partial charge < -0.3 is 4.40 Å². The van der Waals surface area contributed by atoms with Gasteiger partial charge in [0.1, 0.15) is 12.9 Å². The van der Waals surface area contributed by atoms with Crippen molar-refractivity contribution in [3.63, 3.8) is 0 Å². The lowest BCUT2D eigenvalue weighted by molar-refractivity contribution is -0.643. The Hall–Kier alpha value is -3.20. The van der Waals surface area contributed by atoms with E-state index in [0.29, 0.717) is 5.92 Å². The summed E-state index contributed by atoms with van der Waals surface area (Å²) in [7, 11) is 2.15. The van der Waals surface area contributed by atoms with Gasteiger partial charge in [0, 0.05) is 16.8 Å². The van der Waals surface area contributed by atoms with E-state index in [4.69, 9.17) is 0 Å². The van der Waals surface area contributed by atoms with Crippen LogP contribution in [0.1, 0.15) is 54.7 Å². The van der Waals surface area contributed by atoms with Gasteiger partial charge in [0.25, 0.3) is 0 Å². The predicted molar refractivity (Wildman–Crippen MR) is 135 cm³/mol. The molecule has 6 aromatic rings. The minimum atomic E-state index is -0.180. The van der Waals surface area contributed by atoms with Crippen LogP contribution in [0.3, 0.4) is 0 Å². The van der Waals surface area contributed by atoms with Crippen LogP contribution < -0.4 is 4.57 Å². The fourth-order valence-electron chi connectivity index (χ4n) is 6.57. The van der Waals surface area contributed by atoms with Gasteiger partial charge in [0.05, 0.1) is 27.3 Å². The Morgan fingerprint density at radius 3 is 2.52 bits per heavy atom. The Morgan fingerprint density at radius 2 is 1.70 bits per heavy atom. The SMILES string of the molecule is Cc1cc2c3ccc(F)cc3n3c4cc(C5CCCCC5)cc5cc[n+](C)c(c(c1C)c23)c54. The highest BCUT2D eigenvalue weighted by Gasteiger charge is 2.26. The van der Waals surface area contributed by atoms with Crippen LogP contribution in [0.2, 0.25) is 0 Å². The number of aromatic nitrogens is 2. The van der Waals surface area contributed by atoms with Crippen LogP contribution in [-0.2, 0) is 7.05 Å². The molecule has 0 amide bonds. The Kier molecular flexibility index (Phi) is 3.89. The summed E-state index contributed by atoms with van der Waals surface area (Å²) < 4.78 is 19.2. The summed E-state index contributed by atoms with van der Waals surface area (Å²) in [4.78, 5) is 0. The summed E-state index contributed by atoms with van der Waals surface area (Å²) in [5, 5.41) is 6.20. The van der Waals surface area contributed by atoms with Gasteiger partial charge in [-0.1, -0.05) is 25.3 Å². The zero-order valence-corrected chi connectivity index (χ0v) is 19.5. The second-order valence-electron chi connectivity index (χ2n) is 10.2. The molecule has 3 aromatic carbocycles. The Labute approximate surface area is 192 Å². The summed E-state index contributed by atoms with van der Waals surface area (Å²) >= 11 is 0. The Bertz CT molecular complexity index is 1730. The highest BCUT2D eigenvalue weighted by atomic mass is 19.1. The van der Waals surface area contributed by atoms with Crippen molar-refractivity contribution in [3.8, 4) is 0 Å². The highest BCUT2D eigenvalue weighted by molar-refractivity contribution is 6.26. The van der Waals surface area contributed by atoms with Crippen molar-refractivity contribution in [2.24, 2.45) is 7.05 Å². The fraction of sp³-hybridized carbons (Fsp3) is 0.300. The smallest absolute Gasteiger partial charge is 0.224 e. The third-order valence-electron chi connectivity index (χ3n) is 8.33. The molecule has 0 bridgehead atoms. The lowest BCUT2D eigenvalue weighted by Gasteiger charge is -2.23. The second kappa shape index (κ2) is 6.66. The van der Waals surface area contributed by atoms with E-state index < -0.39 is 0 Å². The van der Waals surface area contributed by atoms with E-state index in [9.17, 15) is 4.39 Å². The van der Waals surface area contributed by atoms with Crippen molar-refractivity contribution in [2.45, 2.75) is 51.9 Å². The summed E-state index contributed by atoms with van der Waals surface area (Å²) in [6.45, 7) is 4.42. The van der Waals surface area contributed by atoms with E-state index in [1.165, 1.54) is 86.9 Å². The largest absolute Gasteiger partial charge is 0.307 e. The van der Waals surface area contributed by atoms with Crippen LogP contribution in [0.5, 0.6) is 0 Å². The lowest BCUT2D eigenvalue weighted by atomic mass is 9.83. The molecule has 1 saturated carbocycles. The number of halogens is 1. The summed E-state index contributed by atoms with van der Waals surface area (Å²) in [6.07, 6.45) is 8.72. The van der Waals surface area contributed by atoms with E-state index in [0.717, 1.165) is 10.9 Å². The molecule has 0 aliphatic heterocycles. The van der Waals surface area contributed by atoms with Crippen LogP contribution in [0.15, 0.2) is 48.7 Å². The van der Waals surface area contributed by atoms with Crippen molar-refractivity contribution in [1.82, 2.24) is 4.40 Å². The topological polar surface area (TPSA) is 8.29 Å². The molecular weight excluding hydrogens is 407 g/mol.